The van der Waals surface area contributed by atoms with Crippen molar-refractivity contribution in [1.82, 2.24) is 0 Å². The van der Waals surface area contributed by atoms with E-state index in [0.717, 1.165) is 0 Å². The summed E-state index contributed by atoms with van der Waals surface area (Å²) in [6, 6.07) is 0. The molecule has 0 saturated carbocycles. The molecule has 0 aliphatic rings. The fourth-order valence-corrected chi connectivity index (χ4v) is 0.236. The van der Waals surface area contributed by atoms with Crippen LogP contribution in [-0.2, 0) is 0 Å². The van der Waals surface area contributed by atoms with E-state index in [1.165, 1.54) is 24.8 Å². The van der Waals surface area contributed by atoms with E-state index in [0.29, 0.717) is 0 Å². The van der Waals surface area contributed by atoms with Gasteiger partial charge in [0.1, 0.15) is 0 Å². The Bertz CT molecular complexity index is 139. The lowest BCUT2D eigenvalue weighted by atomic mass is 10.3. The van der Waals surface area contributed by atoms with Gasteiger partial charge in [0.2, 0.25) is 0 Å². The first kappa shape index (κ1) is 63.0. The SMILES string of the molecule is C=CC=C(C)C.CC.CC.CC.CC.CC.CC.CC=CC.CCC.CCCC. The van der Waals surface area contributed by atoms with Gasteiger partial charge in [0, 0.05) is 0 Å². The molecule has 0 heterocycles. The third kappa shape index (κ3) is 972. The minimum atomic E-state index is 1.25. The molecule has 29 heavy (non-hydrogen) atoms. The van der Waals surface area contributed by atoms with Gasteiger partial charge in [0.25, 0.3) is 0 Å². The van der Waals surface area contributed by atoms with Crippen LogP contribution in [0.4, 0.5) is 0 Å². The van der Waals surface area contributed by atoms with Crippen molar-refractivity contribution in [1.29, 1.82) is 0 Å². The summed E-state index contributed by atoms with van der Waals surface area (Å²) in [4.78, 5) is 0. The van der Waals surface area contributed by atoms with Gasteiger partial charge in [-0.25, -0.2) is 0 Å². The third-order valence-electron chi connectivity index (χ3n) is 1.28. The maximum atomic E-state index is 3.52. The largest absolute Gasteiger partial charge is 0.0991 e. The molecular weight excluding hydrogens is 348 g/mol. The van der Waals surface area contributed by atoms with Gasteiger partial charge in [-0.05, 0) is 27.7 Å². The van der Waals surface area contributed by atoms with Crippen LogP contribution >= 0.6 is 0 Å². The predicted octanol–water partition coefficient (Wildman–Crippen LogP) is 13.1. The zero-order chi connectivity index (χ0) is 26.5. The fourth-order valence-electron chi connectivity index (χ4n) is 0.236. The predicted molar refractivity (Wildman–Crippen MR) is 155 cm³/mol. The zero-order valence-corrected chi connectivity index (χ0v) is 25.6. The van der Waals surface area contributed by atoms with Crippen molar-refractivity contribution in [2.75, 3.05) is 0 Å². The van der Waals surface area contributed by atoms with Crippen molar-refractivity contribution >= 4 is 0 Å². The topological polar surface area (TPSA) is 0 Å². The van der Waals surface area contributed by atoms with E-state index in [2.05, 4.69) is 34.3 Å². The first-order valence-electron chi connectivity index (χ1n) is 12.8. The summed E-state index contributed by atoms with van der Waals surface area (Å²) in [7, 11) is 0. The molecule has 0 aliphatic carbocycles. The number of hydrogen-bond donors (Lipinski definition) is 0. The Morgan fingerprint density at radius 3 is 0.724 bits per heavy atom. The minimum absolute atomic E-state index is 1.25. The second-order valence-electron chi connectivity index (χ2n) is 3.85. The summed E-state index contributed by atoms with van der Waals surface area (Å²) in [6.45, 7) is 44.2. The molecule has 0 saturated heterocycles. The summed E-state index contributed by atoms with van der Waals surface area (Å²) in [6.07, 6.45) is 11.6. The van der Waals surface area contributed by atoms with Crippen LogP contribution in [0.5, 0.6) is 0 Å². The van der Waals surface area contributed by atoms with Crippen molar-refractivity contribution in [2.45, 2.75) is 158 Å². The molecule has 0 heteroatoms. The van der Waals surface area contributed by atoms with Crippen molar-refractivity contribution in [3.05, 3.63) is 36.5 Å². The van der Waals surface area contributed by atoms with Gasteiger partial charge in [0.15, 0.2) is 0 Å². The Labute approximate surface area is 194 Å². The fraction of sp³-hybridized carbons (Fsp3) is 0.793. The highest BCUT2D eigenvalue weighted by Gasteiger charge is 1.63. The molecule has 0 aromatic rings. The summed E-state index contributed by atoms with van der Waals surface area (Å²) in [5.41, 5.74) is 1.30. The molecule has 0 aromatic heterocycles. The zero-order valence-electron chi connectivity index (χ0n) is 25.6. The molecule has 0 rings (SSSR count). The molecule has 188 valence electrons. The average molecular weight is 421 g/mol. The highest BCUT2D eigenvalue weighted by Crippen LogP contribution is 1.85. The Hall–Kier alpha value is -0.780. The van der Waals surface area contributed by atoms with Crippen molar-refractivity contribution in [2.24, 2.45) is 0 Å². The van der Waals surface area contributed by atoms with E-state index >= 15 is 0 Å². The van der Waals surface area contributed by atoms with Gasteiger partial charge >= 0.3 is 0 Å². The van der Waals surface area contributed by atoms with E-state index in [9.17, 15) is 0 Å². The van der Waals surface area contributed by atoms with Gasteiger partial charge < -0.3 is 0 Å². The number of unbranched alkanes of at least 4 members (excludes halogenated alkanes) is 1. The molecule has 0 fully saturated rings. The second kappa shape index (κ2) is 220. The number of hydrogen-bond acceptors (Lipinski definition) is 0. The molecular formula is C29H72. The lowest BCUT2D eigenvalue weighted by Gasteiger charge is -1.76. The van der Waals surface area contributed by atoms with E-state index in [4.69, 9.17) is 0 Å². The van der Waals surface area contributed by atoms with Crippen LogP contribution < -0.4 is 0 Å². The van der Waals surface area contributed by atoms with Crippen molar-refractivity contribution in [3.8, 4) is 0 Å². The molecule has 0 nitrogen and oxygen atoms in total. The normalized spacial score (nSPS) is 5.66. The molecule has 0 aromatic carbocycles. The van der Waals surface area contributed by atoms with E-state index in [-0.39, 0.29) is 0 Å². The lowest BCUT2D eigenvalue weighted by Crippen LogP contribution is -1.54. The lowest BCUT2D eigenvalue weighted by molar-refractivity contribution is 0.886. The Kier molecular flexibility index (Phi) is 478. The quantitative estimate of drug-likeness (QED) is 0.307. The minimum Gasteiger partial charge on any atom is -0.0991 e. The monoisotopic (exact) mass is 421 g/mol. The second-order valence-corrected chi connectivity index (χ2v) is 3.85. The van der Waals surface area contributed by atoms with Crippen molar-refractivity contribution in [3.63, 3.8) is 0 Å². The first-order valence-corrected chi connectivity index (χ1v) is 12.8. The van der Waals surface area contributed by atoms with Crippen molar-refractivity contribution < 1.29 is 0 Å². The number of allylic oxidation sites excluding steroid dienone is 5. The molecule has 0 atom stereocenters. The van der Waals surface area contributed by atoms with Crippen LogP contribution in [0.25, 0.3) is 0 Å². The van der Waals surface area contributed by atoms with Crippen LogP contribution in [0.1, 0.15) is 158 Å². The summed E-state index contributed by atoms with van der Waals surface area (Å²) < 4.78 is 0. The van der Waals surface area contributed by atoms with Crippen LogP contribution in [-0.4, -0.2) is 0 Å². The highest BCUT2D eigenvalue weighted by atomic mass is 13.7. The van der Waals surface area contributed by atoms with Gasteiger partial charge in [0.05, 0.1) is 0 Å². The van der Waals surface area contributed by atoms with E-state index in [1.807, 2.05) is 129 Å². The van der Waals surface area contributed by atoms with Gasteiger partial charge in [-0.1, -0.05) is 166 Å². The molecule has 0 bridgehead atoms. The molecule has 0 N–H and O–H groups in total. The first-order chi connectivity index (χ1) is 14.0. The molecule has 0 aliphatic heterocycles. The summed E-state index contributed by atoms with van der Waals surface area (Å²) in [5.74, 6) is 0. The summed E-state index contributed by atoms with van der Waals surface area (Å²) >= 11 is 0. The Balaban J connectivity index is -0.0000000180. The van der Waals surface area contributed by atoms with Gasteiger partial charge in [-0.15, -0.1) is 0 Å². The van der Waals surface area contributed by atoms with Crippen LogP contribution in [0, 0.1) is 0 Å². The van der Waals surface area contributed by atoms with E-state index in [1.54, 1.807) is 6.08 Å². The molecule has 0 amide bonds. The van der Waals surface area contributed by atoms with E-state index < -0.39 is 0 Å². The average Bonchev–Trinajstić information content (AvgIpc) is 2.82. The highest BCUT2D eigenvalue weighted by molar-refractivity contribution is 5.04. The third-order valence-corrected chi connectivity index (χ3v) is 1.28. The van der Waals surface area contributed by atoms with Crippen LogP contribution in [0.3, 0.4) is 0 Å². The standard InChI is InChI=1S/C6H10.C4H10.C4H8.C3H8.6C2H6/c1-4-5-6(2)3;2*1-3-4-2;1-3-2;6*1-2/h4-5H,1H2,2-3H3;3-4H2,1-2H3;3-4H,1-2H3;3H2,1-2H3;6*1-2H3. The van der Waals surface area contributed by atoms with Crippen LogP contribution in [0.15, 0.2) is 36.5 Å². The van der Waals surface area contributed by atoms with Crippen LogP contribution in [0.2, 0.25) is 0 Å². The Morgan fingerprint density at radius 1 is 0.552 bits per heavy atom. The molecule has 0 unspecified atom stereocenters. The van der Waals surface area contributed by atoms with Gasteiger partial charge in [-0.3, -0.25) is 0 Å². The molecule has 0 radical (unpaired) electrons. The maximum Gasteiger partial charge on any atom is -0.0439 e. The molecule has 0 spiro atoms. The summed E-state index contributed by atoms with van der Waals surface area (Å²) in [5, 5.41) is 0. The maximum absolute atomic E-state index is 3.52. The Morgan fingerprint density at radius 2 is 0.724 bits per heavy atom. The number of rotatable bonds is 2. The van der Waals surface area contributed by atoms with Gasteiger partial charge in [-0.2, -0.15) is 0 Å². The smallest absolute Gasteiger partial charge is 0.0439 e.